The summed E-state index contributed by atoms with van der Waals surface area (Å²) in [6.07, 6.45) is 3.94. The summed E-state index contributed by atoms with van der Waals surface area (Å²) in [5, 5.41) is 0. The van der Waals surface area contributed by atoms with Crippen LogP contribution >= 0.6 is 0 Å². The Morgan fingerprint density at radius 1 is 1.24 bits per heavy atom. The predicted octanol–water partition coefficient (Wildman–Crippen LogP) is 4.25. The monoisotopic (exact) mass is 471 g/mol. The average Bonchev–Trinajstić information content (AvgIpc) is 3.03. The number of hydrogen-bond acceptors (Lipinski definition) is 5. The highest BCUT2D eigenvalue weighted by atomic mass is 32.2. The minimum absolute atomic E-state index is 0.170. The number of hydrogen-bond donors (Lipinski definition) is 0. The number of fused-ring (bicyclic) bond motifs is 1. The molecule has 2 aromatic rings. The lowest BCUT2D eigenvalue weighted by Crippen LogP contribution is -2.53. The Bertz CT molecular complexity index is 1080. The molecule has 2 aromatic carbocycles. The molecule has 1 aliphatic heterocycles. The third kappa shape index (κ3) is 4.67. The summed E-state index contributed by atoms with van der Waals surface area (Å²) >= 11 is 0. The number of ether oxygens (including phenoxy) is 2. The smallest absolute Gasteiger partial charge is 0.306 e. The largest absolute Gasteiger partial charge is 0.466 e. The highest BCUT2D eigenvalue weighted by Gasteiger charge is 2.51. The SMILES string of the molecule is CCOC(=O)CC1c2cc(F)ccc2/C(=C\c2ccc(S(C)=O)cc2)C1(C)N1CCOCC1. The van der Waals surface area contributed by atoms with Crippen molar-refractivity contribution in [2.45, 2.75) is 36.6 Å². The second kappa shape index (κ2) is 9.87. The van der Waals surface area contributed by atoms with Crippen LogP contribution in [0.5, 0.6) is 0 Å². The summed E-state index contributed by atoms with van der Waals surface area (Å²) in [4.78, 5) is 15.7. The van der Waals surface area contributed by atoms with E-state index in [2.05, 4.69) is 17.9 Å². The van der Waals surface area contributed by atoms with Crippen LogP contribution in [-0.4, -0.2) is 59.8 Å². The van der Waals surface area contributed by atoms with Gasteiger partial charge in [0, 0.05) is 41.0 Å². The third-order valence-corrected chi connectivity index (χ3v) is 7.71. The summed E-state index contributed by atoms with van der Waals surface area (Å²) < 4.78 is 37.1. The first-order chi connectivity index (χ1) is 15.8. The quantitative estimate of drug-likeness (QED) is 0.590. The topological polar surface area (TPSA) is 55.8 Å². The molecule has 3 unspecified atom stereocenters. The molecule has 0 amide bonds. The number of benzene rings is 2. The van der Waals surface area contributed by atoms with Crippen molar-refractivity contribution >= 4 is 28.4 Å². The zero-order valence-corrected chi connectivity index (χ0v) is 20.1. The number of rotatable bonds is 6. The molecule has 176 valence electrons. The van der Waals surface area contributed by atoms with Crippen LogP contribution in [0.2, 0.25) is 0 Å². The Hall–Kier alpha value is -2.35. The molecule has 0 radical (unpaired) electrons. The zero-order valence-electron chi connectivity index (χ0n) is 19.3. The van der Waals surface area contributed by atoms with Gasteiger partial charge in [-0.2, -0.15) is 0 Å². The maximum absolute atomic E-state index is 14.4. The molecule has 0 aromatic heterocycles. The van der Waals surface area contributed by atoms with Gasteiger partial charge in [0.05, 0.1) is 31.8 Å². The molecule has 33 heavy (non-hydrogen) atoms. The van der Waals surface area contributed by atoms with Crippen molar-refractivity contribution < 1.29 is 22.9 Å². The van der Waals surface area contributed by atoms with Crippen LogP contribution in [0.25, 0.3) is 11.6 Å². The highest BCUT2D eigenvalue weighted by Crippen LogP contribution is 2.54. The Morgan fingerprint density at radius 2 is 1.94 bits per heavy atom. The van der Waals surface area contributed by atoms with Crippen molar-refractivity contribution in [1.82, 2.24) is 4.90 Å². The molecule has 1 saturated heterocycles. The van der Waals surface area contributed by atoms with E-state index in [4.69, 9.17) is 9.47 Å². The molecule has 1 fully saturated rings. The number of morpholine rings is 1. The van der Waals surface area contributed by atoms with E-state index in [1.165, 1.54) is 6.07 Å². The van der Waals surface area contributed by atoms with Gasteiger partial charge in [-0.15, -0.1) is 0 Å². The van der Waals surface area contributed by atoms with E-state index in [1.807, 2.05) is 30.3 Å². The van der Waals surface area contributed by atoms with Crippen LogP contribution in [0, 0.1) is 5.82 Å². The van der Waals surface area contributed by atoms with E-state index in [1.54, 1.807) is 19.2 Å². The number of esters is 1. The summed E-state index contributed by atoms with van der Waals surface area (Å²) in [6, 6.07) is 12.5. The minimum Gasteiger partial charge on any atom is -0.466 e. The van der Waals surface area contributed by atoms with Gasteiger partial charge >= 0.3 is 5.97 Å². The fraction of sp³-hybridized carbons (Fsp3) is 0.423. The highest BCUT2D eigenvalue weighted by molar-refractivity contribution is 7.84. The maximum atomic E-state index is 14.4. The molecule has 4 rings (SSSR count). The van der Waals surface area contributed by atoms with Crippen LogP contribution in [0.3, 0.4) is 0 Å². The first-order valence-corrected chi connectivity index (χ1v) is 12.8. The summed E-state index contributed by atoms with van der Waals surface area (Å²) in [5.41, 5.74) is 3.24. The lowest BCUT2D eigenvalue weighted by molar-refractivity contribution is -0.144. The Morgan fingerprint density at radius 3 is 2.58 bits per heavy atom. The molecule has 0 N–H and O–H groups in total. The molecule has 0 saturated carbocycles. The van der Waals surface area contributed by atoms with Gasteiger partial charge in [-0.3, -0.25) is 13.9 Å². The second-order valence-corrected chi connectivity index (χ2v) is 10.0. The number of nitrogens with zero attached hydrogens (tertiary/aromatic N) is 1. The number of halogens is 1. The molecule has 5 nitrogen and oxygen atoms in total. The molecule has 2 aliphatic rings. The Labute approximate surface area is 197 Å². The molecule has 0 bridgehead atoms. The predicted molar refractivity (Wildman–Crippen MR) is 128 cm³/mol. The van der Waals surface area contributed by atoms with Crippen LogP contribution in [0.4, 0.5) is 4.39 Å². The van der Waals surface area contributed by atoms with Crippen LogP contribution in [0.15, 0.2) is 47.4 Å². The van der Waals surface area contributed by atoms with E-state index >= 15 is 0 Å². The Kier molecular flexibility index (Phi) is 7.12. The fourth-order valence-corrected chi connectivity index (χ4v) is 5.61. The van der Waals surface area contributed by atoms with Gasteiger partial charge in [0.1, 0.15) is 5.82 Å². The average molecular weight is 472 g/mol. The van der Waals surface area contributed by atoms with Gasteiger partial charge < -0.3 is 9.47 Å². The number of carbonyl (C=O) groups excluding carboxylic acids is 1. The van der Waals surface area contributed by atoms with E-state index in [0.717, 1.165) is 40.2 Å². The van der Waals surface area contributed by atoms with Crippen molar-refractivity contribution in [2.75, 3.05) is 39.2 Å². The normalized spacial score (nSPS) is 25.1. The van der Waals surface area contributed by atoms with Gasteiger partial charge in [-0.25, -0.2) is 4.39 Å². The third-order valence-electron chi connectivity index (χ3n) is 6.77. The lowest BCUT2D eigenvalue weighted by atomic mass is 9.79. The van der Waals surface area contributed by atoms with Gasteiger partial charge in [-0.1, -0.05) is 18.2 Å². The molecular formula is C26H30FNO4S. The van der Waals surface area contributed by atoms with Gasteiger partial charge in [0.25, 0.3) is 0 Å². The van der Waals surface area contributed by atoms with Crippen molar-refractivity contribution in [3.05, 3.63) is 65.0 Å². The first-order valence-electron chi connectivity index (χ1n) is 11.3. The zero-order chi connectivity index (χ0) is 23.6. The summed E-state index contributed by atoms with van der Waals surface area (Å²) in [5.74, 6) is -0.856. The molecule has 0 spiro atoms. The van der Waals surface area contributed by atoms with E-state index < -0.39 is 16.3 Å². The van der Waals surface area contributed by atoms with Gasteiger partial charge in [0.15, 0.2) is 0 Å². The van der Waals surface area contributed by atoms with Crippen molar-refractivity contribution in [1.29, 1.82) is 0 Å². The number of carbonyl (C=O) groups is 1. The lowest BCUT2D eigenvalue weighted by Gasteiger charge is -2.45. The van der Waals surface area contributed by atoms with Crippen LogP contribution < -0.4 is 0 Å². The molecule has 3 atom stereocenters. The second-order valence-electron chi connectivity index (χ2n) is 8.62. The maximum Gasteiger partial charge on any atom is 0.306 e. The molecule has 1 heterocycles. The first kappa shape index (κ1) is 23.8. The van der Waals surface area contributed by atoms with Crippen LogP contribution in [0.1, 0.15) is 42.9 Å². The van der Waals surface area contributed by atoms with Crippen molar-refractivity contribution in [3.63, 3.8) is 0 Å². The van der Waals surface area contributed by atoms with Gasteiger partial charge in [0.2, 0.25) is 0 Å². The van der Waals surface area contributed by atoms with E-state index in [-0.39, 0.29) is 24.1 Å². The minimum atomic E-state index is -1.05. The summed E-state index contributed by atoms with van der Waals surface area (Å²) in [6.45, 7) is 6.90. The standard InChI is InChI=1S/C26H30FNO4S/c1-4-32-25(29)17-24-22-16-19(27)7-10-21(22)23(26(24,2)28-11-13-31-14-12-28)15-18-5-8-20(9-6-18)33(3)30/h5-10,15-16,24H,4,11-14,17H2,1-3H3/b23-15+. The van der Waals surface area contributed by atoms with E-state index in [9.17, 15) is 13.4 Å². The van der Waals surface area contributed by atoms with Crippen LogP contribution in [-0.2, 0) is 25.1 Å². The van der Waals surface area contributed by atoms with Gasteiger partial charge in [-0.05, 0) is 66.5 Å². The fourth-order valence-electron chi connectivity index (χ4n) is 5.09. The van der Waals surface area contributed by atoms with Crippen molar-refractivity contribution in [3.8, 4) is 0 Å². The van der Waals surface area contributed by atoms with Crippen molar-refractivity contribution in [2.24, 2.45) is 0 Å². The molecule has 1 aliphatic carbocycles. The molecule has 7 heteroatoms. The molecular weight excluding hydrogens is 441 g/mol. The Balaban J connectivity index is 1.86. The summed E-state index contributed by atoms with van der Waals surface area (Å²) in [7, 11) is -1.05. The van der Waals surface area contributed by atoms with E-state index in [0.29, 0.717) is 19.8 Å².